The molecule has 6 heteroatoms. The lowest BCUT2D eigenvalue weighted by atomic mass is 10.2. The normalized spacial score (nSPS) is 9.89. The highest BCUT2D eigenvalue weighted by molar-refractivity contribution is 7.80. The summed E-state index contributed by atoms with van der Waals surface area (Å²) in [6, 6.07) is 6.94. The van der Waals surface area contributed by atoms with E-state index in [0.717, 1.165) is 5.56 Å². The summed E-state index contributed by atoms with van der Waals surface area (Å²) >= 11 is 4.82. The Morgan fingerprint density at radius 2 is 2.00 bits per heavy atom. The molecule has 0 aromatic carbocycles. The molecular weight excluding hydrogens is 260 g/mol. The van der Waals surface area contributed by atoms with E-state index in [1.807, 2.05) is 12.1 Å². The summed E-state index contributed by atoms with van der Waals surface area (Å²) in [6.45, 7) is 0.431. The molecule has 0 unspecified atom stereocenters. The van der Waals surface area contributed by atoms with Crippen molar-refractivity contribution >= 4 is 23.1 Å². The molecule has 0 aliphatic heterocycles. The lowest BCUT2D eigenvalue weighted by Crippen LogP contribution is -2.24. The minimum atomic E-state index is -0.244. The Bertz CT molecular complexity index is 583. The zero-order chi connectivity index (χ0) is 13.7. The van der Waals surface area contributed by atoms with Crippen LogP contribution in [-0.2, 0) is 6.54 Å². The molecule has 0 radical (unpaired) electrons. The molecule has 19 heavy (non-hydrogen) atoms. The minimum absolute atomic E-state index is 0.244. The molecule has 0 bridgehead atoms. The summed E-state index contributed by atoms with van der Waals surface area (Å²) in [4.78, 5) is 20.0. The fraction of sp³-hybridized carbons (Fsp3) is 0.0769. The van der Waals surface area contributed by atoms with Crippen LogP contribution in [0.2, 0.25) is 0 Å². The molecule has 0 aliphatic rings. The molecule has 0 aliphatic carbocycles. The van der Waals surface area contributed by atoms with Crippen molar-refractivity contribution in [1.82, 2.24) is 15.3 Å². The molecule has 0 fully saturated rings. The average Bonchev–Trinajstić information content (AvgIpc) is 2.46. The quantitative estimate of drug-likeness (QED) is 0.813. The number of hydrogen-bond donors (Lipinski definition) is 2. The van der Waals surface area contributed by atoms with Crippen LogP contribution in [0.1, 0.15) is 21.6 Å². The molecule has 0 saturated carbocycles. The summed E-state index contributed by atoms with van der Waals surface area (Å²) in [6.07, 6.45) is 4.84. The van der Waals surface area contributed by atoms with Crippen molar-refractivity contribution in [2.75, 3.05) is 0 Å². The predicted molar refractivity (Wildman–Crippen MR) is 75.5 cm³/mol. The molecule has 2 aromatic rings. The molecule has 2 aromatic heterocycles. The van der Waals surface area contributed by atoms with Crippen molar-refractivity contribution in [3.05, 3.63) is 59.7 Å². The van der Waals surface area contributed by atoms with Gasteiger partial charge >= 0.3 is 0 Å². The first-order valence-electron chi connectivity index (χ1n) is 5.60. The topological polar surface area (TPSA) is 80.9 Å². The van der Waals surface area contributed by atoms with Gasteiger partial charge in [0.25, 0.3) is 5.91 Å². The largest absolute Gasteiger partial charge is 0.389 e. The maximum absolute atomic E-state index is 11.8. The van der Waals surface area contributed by atoms with Gasteiger partial charge in [-0.15, -0.1) is 0 Å². The van der Waals surface area contributed by atoms with E-state index in [2.05, 4.69) is 15.3 Å². The van der Waals surface area contributed by atoms with Gasteiger partial charge in [-0.1, -0.05) is 12.2 Å². The summed E-state index contributed by atoms with van der Waals surface area (Å²) in [5, 5.41) is 2.77. The Morgan fingerprint density at radius 1 is 1.26 bits per heavy atom. The lowest BCUT2D eigenvalue weighted by Gasteiger charge is -2.05. The molecule has 5 nitrogen and oxygen atoms in total. The number of aromatic nitrogens is 2. The fourth-order valence-electron chi connectivity index (χ4n) is 1.45. The van der Waals surface area contributed by atoms with Crippen LogP contribution in [-0.4, -0.2) is 20.9 Å². The van der Waals surface area contributed by atoms with Crippen LogP contribution in [0.15, 0.2) is 42.9 Å². The van der Waals surface area contributed by atoms with Gasteiger partial charge in [0.15, 0.2) is 0 Å². The van der Waals surface area contributed by atoms with E-state index in [-0.39, 0.29) is 10.9 Å². The highest BCUT2D eigenvalue weighted by Gasteiger charge is 2.07. The zero-order valence-corrected chi connectivity index (χ0v) is 10.9. The molecule has 0 atom stereocenters. The maximum atomic E-state index is 11.8. The lowest BCUT2D eigenvalue weighted by molar-refractivity contribution is 0.0946. The maximum Gasteiger partial charge on any atom is 0.270 e. The molecule has 0 spiro atoms. The van der Waals surface area contributed by atoms with Crippen LogP contribution in [0, 0.1) is 0 Å². The molecule has 0 saturated heterocycles. The average molecular weight is 272 g/mol. The third kappa shape index (κ3) is 3.56. The van der Waals surface area contributed by atoms with Gasteiger partial charge in [-0.25, -0.2) is 0 Å². The second-order valence-corrected chi connectivity index (χ2v) is 4.27. The van der Waals surface area contributed by atoms with Crippen LogP contribution in [0.4, 0.5) is 0 Å². The number of rotatable bonds is 4. The van der Waals surface area contributed by atoms with Gasteiger partial charge in [-0.05, 0) is 29.8 Å². The first-order chi connectivity index (χ1) is 9.16. The van der Waals surface area contributed by atoms with Crippen molar-refractivity contribution < 1.29 is 4.79 Å². The van der Waals surface area contributed by atoms with Crippen LogP contribution in [0.3, 0.4) is 0 Å². The smallest absolute Gasteiger partial charge is 0.270 e. The van der Waals surface area contributed by atoms with Gasteiger partial charge < -0.3 is 11.1 Å². The minimum Gasteiger partial charge on any atom is -0.389 e. The standard InChI is InChI=1S/C13H12N4OS/c14-12(19)10-1-2-11(16-8-10)13(18)17-7-9-3-5-15-6-4-9/h1-6,8H,7H2,(H2,14,19)(H,17,18). The van der Waals surface area contributed by atoms with Crippen molar-refractivity contribution in [2.45, 2.75) is 6.54 Å². The van der Waals surface area contributed by atoms with E-state index in [9.17, 15) is 4.79 Å². The third-order valence-electron chi connectivity index (χ3n) is 2.48. The summed E-state index contributed by atoms with van der Waals surface area (Å²) < 4.78 is 0. The number of nitrogens with two attached hydrogens (primary N) is 1. The highest BCUT2D eigenvalue weighted by Crippen LogP contribution is 2.01. The molecule has 96 valence electrons. The monoisotopic (exact) mass is 272 g/mol. The van der Waals surface area contributed by atoms with Crippen LogP contribution in [0.5, 0.6) is 0 Å². The van der Waals surface area contributed by atoms with E-state index < -0.39 is 0 Å². The fourth-order valence-corrected chi connectivity index (χ4v) is 1.57. The number of carbonyl (C=O) groups excluding carboxylic acids is 1. The highest BCUT2D eigenvalue weighted by atomic mass is 32.1. The molecule has 2 heterocycles. The number of pyridine rings is 2. The molecule has 3 N–H and O–H groups in total. The van der Waals surface area contributed by atoms with Gasteiger partial charge in [-0.2, -0.15) is 0 Å². The summed E-state index contributed by atoms with van der Waals surface area (Å²) in [5.74, 6) is -0.244. The molecule has 2 rings (SSSR count). The van der Waals surface area contributed by atoms with Gasteiger partial charge in [-0.3, -0.25) is 14.8 Å². The van der Waals surface area contributed by atoms with E-state index in [1.165, 1.54) is 6.20 Å². The van der Waals surface area contributed by atoms with Crippen molar-refractivity contribution in [1.29, 1.82) is 0 Å². The SMILES string of the molecule is NC(=S)c1ccc(C(=O)NCc2ccncc2)nc1. The van der Waals surface area contributed by atoms with Gasteiger partial charge in [0.1, 0.15) is 10.7 Å². The number of thiocarbonyl (C=S) groups is 1. The Hall–Kier alpha value is -2.34. The van der Waals surface area contributed by atoms with Crippen LogP contribution >= 0.6 is 12.2 Å². The van der Waals surface area contributed by atoms with E-state index in [0.29, 0.717) is 17.8 Å². The first kappa shape index (κ1) is 13.1. The number of amides is 1. The Labute approximate surface area is 115 Å². The Balaban J connectivity index is 1.98. The van der Waals surface area contributed by atoms with Gasteiger partial charge in [0.05, 0.1) is 0 Å². The van der Waals surface area contributed by atoms with Crippen LogP contribution in [0.25, 0.3) is 0 Å². The number of nitrogens with one attached hydrogen (secondary N) is 1. The second kappa shape index (κ2) is 6.01. The predicted octanol–water partition coefficient (Wildman–Crippen LogP) is 1.04. The van der Waals surface area contributed by atoms with Crippen molar-refractivity contribution in [2.24, 2.45) is 5.73 Å². The van der Waals surface area contributed by atoms with Crippen molar-refractivity contribution in [3.63, 3.8) is 0 Å². The third-order valence-corrected chi connectivity index (χ3v) is 2.72. The van der Waals surface area contributed by atoms with E-state index in [1.54, 1.807) is 24.5 Å². The summed E-state index contributed by atoms with van der Waals surface area (Å²) in [5.41, 5.74) is 7.40. The number of nitrogens with zero attached hydrogens (tertiary/aromatic N) is 2. The van der Waals surface area contributed by atoms with E-state index >= 15 is 0 Å². The van der Waals surface area contributed by atoms with Crippen LogP contribution < -0.4 is 11.1 Å². The molecular formula is C13H12N4OS. The Morgan fingerprint density at radius 3 is 2.58 bits per heavy atom. The van der Waals surface area contributed by atoms with Gasteiger partial charge in [0, 0.05) is 30.7 Å². The number of hydrogen-bond acceptors (Lipinski definition) is 4. The first-order valence-corrected chi connectivity index (χ1v) is 6.00. The van der Waals surface area contributed by atoms with Crippen molar-refractivity contribution in [3.8, 4) is 0 Å². The Kier molecular flexibility index (Phi) is 4.15. The van der Waals surface area contributed by atoms with Gasteiger partial charge in [0.2, 0.25) is 0 Å². The number of carbonyl (C=O) groups is 1. The summed E-state index contributed by atoms with van der Waals surface area (Å²) in [7, 11) is 0. The molecule has 1 amide bonds. The second-order valence-electron chi connectivity index (χ2n) is 3.83. The van der Waals surface area contributed by atoms with E-state index in [4.69, 9.17) is 18.0 Å². The zero-order valence-electron chi connectivity index (χ0n) is 10.0.